The smallest absolute Gasteiger partial charge is 0.0791 e. The van der Waals surface area contributed by atoms with E-state index in [2.05, 4.69) is 70.7 Å². The molecule has 118 valence electrons. The van der Waals surface area contributed by atoms with Crippen LogP contribution in [-0.4, -0.2) is 9.97 Å². The topological polar surface area (TPSA) is 40.7 Å². The average Bonchev–Trinajstić information content (AvgIpc) is 2.97. The standard InChI is InChI=1S/C21H19N3/c1-15-20(18-9-5-6-10-19(18)23-15)21(16-11-13-22-14-12-16)24-17-7-3-2-4-8-17/h2-14,21,23-24H,1H3. The Morgan fingerprint density at radius 2 is 1.58 bits per heavy atom. The fourth-order valence-electron chi connectivity index (χ4n) is 3.25. The number of benzene rings is 2. The van der Waals surface area contributed by atoms with E-state index in [4.69, 9.17) is 0 Å². The Hall–Kier alpha value is -3.07. The summed E-state index contributed by atoms with van der Waals surface area (Å²) in [5, 5.41) is 4.93. The third kappa shape index (κ3) is 2.65. The van der Waals surface area contributed by atoms with Crippen molar-refractivity contribution in [3.05, 3.63) is 95.9 Å². The number of H-pyrrole nitrogens is 1. The molecule has 4 aromatic rings. The van der Waals surface area contributed by atoms with Gasteiger partial charge in [0.05, 0.1) is 6.04 Å². The molecule has 2 N–H and O–H groups in total. The molecule has 1 unspecified atom stereocenters. The van der Waals surface area contributed by atoms with Crippen LogP contribution in [0.2, 0.25) is 0 Å². The molecule has 0 radical (unpaired) electrons. The van der Waals surface area contributed by atoms with Crippen molar-refractivity contribution in [1.82, 2.24) is 9.97 Å². The van der Waals surface area contributed by atoms with Gasteiger partial charge in [0.1, 0.15) is 0 Å². The second-order valence-corrected chi connectivity index (χ2v) is 5.93. The molecule has 2 aromatic carbocycles. The molecule has 0 aliphatic heterocycles. The van der Waals surface area contributed by atoms with Gasteiger partial charge < -0.3 is 10.3 Å². The Morgan fingerprint density at radius 1 is 0.875 bits per heavy atom. The predicted molar refractivity (Wildman–Crippen MR) is 99.2 cm³/mol. The van der Waals surface area contributed by atoms with E-state index < -0.39 is 0 Å². The number of rotatable bonds is 4. The van der Waals surface area contributed by atoms with Crippen LogP contribution >= 0.6 is 0 Å². The first-order valence-corrected chi connectivity index (χ1v) is 8.11. The summed E-state index contributed by atoms with van der Waals surface area (Å²) in [6.45, 7) is 2.14. The Kier molecular flexibility index (Phi) is 3.75. The van der Waals surface area contributed by atoms with Crippen LogP contribution in [0.1, 0.15) is 22.9 Å². The molecule has 1 atom stereocenters. The summed E-state index contributed by atoms with van der Waals surface area (Å²) in [6.07, 6.45) is 3.69. The second-order valence-electron chi connectivity index (χ2n) is 5.93. The summed E-state index contributed by atoms with van der Waals surface area (Å²) < 4.78 is 0. The molecule has 2 heterocycles. The Morgan fingerprint density at radius 3 is 2.38 bits per heavy atom. The van der Waals surface area contributed by atoms with Crippen molar-refractivity contribution in [2.75, 3.05) is 5.32 Å². The van der Waals surface area contributed by atoms with E-state index in [0.717, 1.165) is 5.69 Å². The zero-order valence-corrected chi connectivity index (χ0v) is 13.5. The number of para-hydroxylation sites is 2. The van der Waals surface area contributed by atoms with Gasteiger partial charge in [0, 0.05) is 40.2 Å². The maximum absolute atomic E-state index is 4.17. The lowest BCUT2D eigenvalue weighted by atomic mass is 9.96. The van der Waals surface area contributed by atoms with Crippen LogP contribution in [0.5, 0.6) is 0 Å². The van der Waals surface area contributed by atoms with Crippen molar-refractivity contribution >= 4 is 16.6 Å². The van der Waals surface area contributed by atoms with Crippen molar-refractivity contribution in [3.8, 4) is 0 Å². The number of anilines is 1. The Balaban J connectivity index is 1.87. The first-order chi connectivity index (χ1) is 11.8. The molecular weight excluding hydrogens is 294 g/mol. The molecule has 0 saturated heterocycles. The van der Waals surface area contributed by atoms with Gasteiger partial charge in [-0.2, -0.15) is 0 Å². The summed E-state index contributed by atoms with van der Waals surface area (Å²) in [5.74, 6) is 0. The molecule has 0 aliphatic rings. The van der Waals surface area contributed by atoms with Crippen LogP contribution in [0, 0.1) is 6.92 Å². The number of aromatic amines is 1. The number of pyridine rings is 1. The summed E-state index contributed by atoms with van der Waals surface area (Å²) in [4.78, 5) is 7.67. The molecule has 3 heteroatoms. The third-order valence-corrected chi connectivity index (χ3v) is 4.36. The zero-order chi connectivity index (χ0) is 16.4. The van der Waals surface area contributed by atoms with E-state index in [1.807, 2.05) is 30.6 Å². The molecule has 0 amide bonds. The summed E-state index contributed by atoms with van der Waals surface area (Å²) >= 11 is 0. The first-order valence-electron chi connectivity index (χ1n) is 8.11. The maximum atomic E-state index is 4.17. The van der Waals surface area contributed by atoms with E-state index in [1.54, 1.807) is 0 Å². The summed E-state index contributed by atoms with van der Waals surface area (Å²) in [7, 11) is 0. The number of hydrogen-bond acceptors (Lipinski definition) is 2. The highest BCUT2D eigenvalue weighted by molar-refractivity contribution is 5.86. The lowest BCUT2D eigenvalue weighted by Crippen LogP contribution is -2.13. The van der Waals surface area contributed by atoms with Crippen LogP contribution in [-0.2, 0) is 0 Å². The minimum atomic E-state index is 0.0616. The zero-order valence-electron chi connectivity index (χ0n) is 13.5. The highest BCUT2D eigenvalue weighted by Gasteiger charge is 2.20. The van der Waals surface area contributed by atoms with E-state index in [1.165, 1.54) is 27.7 Å². The quantitative estimate of drug-likeness (QED) is 0.552. The van der Waals surface area contributed by atoms with Gasteiger partial charge in [0.15, 0.2) is 0 Å². The summed E-state index contributed by atoms with van der Waals surface area (Å²) in [5.41, 5.74) is 5.92. The van der Waals surface area contributed by atoms with Gasteiger partial charge in [-0.15, -0.1) is 0 Å². The molecule has 0 fully saturated rings. The monoisotopic (exact) mass is 313 g/mol. The number of hydrogen-bond donors (Lipinski definition) is 2. The van der Waals surface area contributed by atoms with Gasteiger partial charge in [0.2, 0.25) is 0 Å². The lowest BCUT2D eigenvalue weighted by molar-refractivity contribution is 0.928. The van der Waals surface area contributed by atoms with Gasteiger partial charge in [-0.1, -0.05) is 36.4 Å². The average molecular weight is 313 g/mol. The van der Waals surface area contributed by atoms with Crippen molar-refractivity contribution in [2.24, 2.45) is 0 Å². The Labute approximate surface area is 141 Å². The second kappa shape index (κ2) is 6.20. The van der Waals surface area contributed by atoms with Gasteiger partial charge >= 0.3 is 0 Å². The molecule has 0 saturated carbocycles. The number of aromatic nitrogens is 2. The lowest BCUT2D eigenvalue weighted by Gasteiger charge is -2.21. The molecule has 4 rings (SSSR count). The van der Waals surface area contributed by atoms with E-state index in [0.29, 0.717) is 0 Å². The van der Waals surface area contributed by atoms with E-state index >= 15 is 0 Å². The number of nitrogens with one attached hydrogen (secondary N) is 2. The normalized spacial score (nSPS) is 12.2. The van der Waals surface area contributed by atoms with Crippen LogP contribution < -0.4 is 5.32 Å². The fourth-order valence-corrected chi connectivity index (χ4v) is 3.25. The van der Waals surface area contributed by atoms with Crippen molar-refractivity contribution in [2.45, 2.75) is 13.0 Å². The molecule has 3 nitrogen and oxygen atoms in total. The third-order valence-electron chi connectivity index (χ3n) is 4.36. The van der Waals surface area contributed by atoms with E-state index in [-0.39, 0.29) is 6.04 Å². The molecule has 0 spiro atoms. The van der Waals surface area contributed by atoms with Crippen LogP contribution in [0.4, 0.5) is 5.69 Å². The van der Waals surface area contributed by atoms with Crippen LogP contribution in [0.25, 0.3) is 10.9 Å². The molecule has 0 aliphatic carbocycles. The fraction of sp³-hybridized carbons (Fsp3) is 0.0952. The SMILES string of the molecule is Cc1[nH]c2ccccc2c1C(Nc1ccccc1)c1ccncc1. The number of nitrogens with zero attached hydrogens (tertiary/aromatic N) is 1. The van der Waals surface area contributed by atoms with E-state index in [9.17, 15) is 0 Å². The van der Waals surface area contributed by atoms with Gasteiger partial charge in [0.25, 0.3) is 0 Å². The molecule has 24 heavy (non-hydrogen) atoms. The summed E-state index contributed by atoms with van der Waals surface area (Å²) in [6, 6.07) is 23.0. The van der Waals surface area contributed by atoms with Crippen molar-refractivity contribution in [3.63, 3.8) is 0 Å². The van der Waals surface area contributed by atoms with Gasteiger partial charge in [-0.05, 0) is 42.8 Å². The van der Waals surface area contributed by atoms with Crippen LogP contribution in [0.15, 0.2) is 79.1 Å². The minimum absolute atomic E-state index is 0.0616. The predicted octanol–water partition coefficient (Wildman–Crippen LogP) is 5.07. The first kappa shape index (κ1) is 14.5. The molecular formula is C21H19N3. The highest BCUT2D eigenvalue weighted by Crippen LogP contribution is 2.34. The molecule has 2 aromatic heterocycles. The Bertz CT molecular complexity index is 943. The van der Waals surface area contributed by atoms with Gasteiger partial charge in [-0.3, -0.25) is 4.98 Å². The largest absolute Gasteiger partial charge is 0.374 e. The number of fused-ring (bicyclic) bond motifs is 1. The number of aryl methyl sites for hydroxylation is 1. The molecule has 0 bridgehead atoms. The van der Waals surface area contributed by atoms with Crippen molar-refractivity contribution < 1.29 is 0 Å². The van der Waals surface area contributed by atoms with Gasteiger partial charge in [-0.25, -0.2) is 0 Å². The maximum Gasteiger partial charge on any atom is 0.0791 e. The highest BCUT2D eigenvalue weighted by atomic mass is 14.9. The minimum Gasteiger partial charge on any atom is -0.374 e. The van der Waals surface area contributed by atoms with Crippen LogP contribution in [0.3, 0.4) is 0 Å². The van der Waals surface area contributed by atoms with Crippen molar-refractivity contribution in [1.29, 1.82) is 0 Å².